The molecule has 0 aliphatic heterocycles. The molecule has 0 amide bonds. The normalized spacial score (nSPS) is 11.4. The van der Waals surface area contributed by atoms with Crippen LogP contribution in [0.1, 0.15) is 30.3 Å². The summed E-state index contributed by atoms with van der Waals surface area (Å²) in [6, 6.07) is 16.7. The molecule has 0 radical (unpaired) electrons. The fourth-order valence-corrected chi connectivity index (χ4v) is 3.42. The Labute approximate surface area is 196 Å². The van der Waals surface area contributed by atoms with Gasteiger partial charge in [0.1, 0.15) is 5.82 Å². The summed E-state index contributed by atoms with van der Waals surface area (Å²) < 4.78 is 7.49. The van der Waals surface area contributed by atoms with Gasteiger partial charge in [-0.05, 0) is 43.5 Å². The van der Waals surface area contributed by atoms with Crippen LogP contribution in [0.5, 0.6) is 0 Å². The van der Waals surface area contributed by atoms with Gasteiger partial charge in [0, 0.05) is 26.7 Å². The van der Waals surface area contributed by atoms with Crippen LogP contribution < -0.4 is 10.6 Å². The highest BCUT2D eigenvalue weighted by molar-refractivity contribution is 14.0. The number of fused-ring (bicyclic) bond motifs is 1. The molecule has 30 heavy (non-hydrogen) atoms. The quantitative estimate of drug-likeness (QED) is 0.191. The monoisotopic (exact) mass is 521 g/mol. The smallest absolute Gasteiger partial charge is 0.191 e. The molecule has 0 saturated heterocycles. The van der Waals surface area contributed by atoms with Crippen molar-refractivity contribution in [2.45, 2.75) is 40.0 Å². The number of hydrogen-bond acceptors (Lipinski definition) is 3. The Balaban J connectivity index is 0.00000320. The molecule has 0 bridgehead atoms. The molecule has 162 valence electrons. The summed E-state index contributed by atoms with van der Waals surface area (Å²) in [4.78, 5) is 9.36. The number of nitrogens with one attached hydrogen (secondary N) is 2. The number of rotatable bonds is 9. The Morgan fingerprint density at radius 1 is 1.10 bits per heavy atom. The van der Waals surface area contributed by atoms with E-state index in [1.54, 1.807) is 7.11 Å². The minimum absolute atomic E-state index is 0. The van der Waals surface area contributed by atoms with Gasteiger partial charge in [-0.15, -0.1) is 24.0 Å². The molecule has 3 rings (SSSR count). The molecule has 1 aromatic heterocycles. The maximum Gasteiger partial charge on any atom is 0.191 e. The lowest BCUT2D eigenvalue weighted by Gasteiger charge is -2.12. The maximum absolute atomic E-state index is 5.21. The summed E-state index contributed by atoms with van der Waals surface area (Å²) in [5.41, 5.74) is 4.60. The van der Waals surface area contributed by atoms with E-state index in [9.17, 15) is 0 Å². The zero-order valence-corrected chi connectivity index (χ0v) is 20.3. The first-order chi connectivity index (χ1) is 14.2. The number of ether oxygens (including phenoxy) is 1. The van der Waals surface area contributed by atoms with Crippen molar-refractivity contribution in [3.05, 3.63) is 65.5 Å². The van der Waals surface area contributed by atoms with E-state index in [1.807, 2.05) is 6.07 Å². The summed E-state index contributed by atoms with van der Waals surface area (Å²) >= 11 is 0. The van der Waals surface area contributed by atoms with Crippen molar-refractivity contribution >= 4 is 41.0 Å². The number of benzene rings is 2. The van der Waals surface area contributed by atoms with Gasteiger partial charge in [0.2, 0.25) is 0 Å². The highest BCUT2D eigenvalue weighted by Gasteiger charge is 2.06. The van der Waals surface area contributed by atoms with Crippen LogP contribution in [0, 0.1) is 6.92 Å². The Bertz CT molecular complexity index is 954. The van der Waals surface area contributed by atoms with Crippen LogP contribution in [-0.4, -0.2) is 35.7 Å². The van der Waals surface area contributed by atoms with Crippen molar-refractivity contribution < 1.29 is 4.74 Å². The lowest BCUT2D eigenvalue weighted by atomic mass is 10.1. The van der Waals surface area contributed by atoms with Crippen molar-refractivity contribution in [2.24, 2.45) is 4.99 Å². The van der Waals surface area contributed by atoms with E-state index < -0.39 is 0 Å². The van der Waals surface area contributed by atoms with Crippen LogP contribution in [0.25, 0.3) is 11.0 Å². The molecule has 0 saturated carbocycles. The summed E-state index contributed by atoms with van der Waals surface area (Å²) in [5.74, 6) is 1.90. The molecular weight excluding hydrogens is 489 g/mol. The Hall–Kier alpha value is -2.13. The van der Waals surface area contributed by atoms with Crippen molar-refractivity contribution in [3.63, 3.8) is 0 Å². The second-order valence-corrected chi connectivity index (χ2v) is 7.03. The fourth-order valence-electron chi connectivity index (χ4n) is 3.42. The topological polar surface area (TPSA) is 63.5 Å². The van der Waals surface area contributed by atoms with Gasteiger partial charge in [0.15, 0.2) is 5.96 Å². The van der Waals surface area contributed by atoms with Crippen LogP contribution in [-0.2, 0) is 24.4 Å². The first-order valence-electron chi connectivity index (χ1n) is 10.2. The highest BCUT2D eigenvalue weighted by Crippen LogP contribution is 2.15. The first kappa shape index (κ1) is 24.1. The first-order valence-corrected chi connectivity index (χ1v) is 10.2. The van der Waals surface area contributed by atoms with E-state index in [2.05, 4.69) is 76.5 Å². The third kappa shape index (κ3) is 6.70. The van der Waals surface area contributed by atoms with E-state index in [4.69, 9.17) is 9.73 Å². The number of halogens is 1. The lowest BCUT2D eigenvalue weighted by Crippen LogP contribution is -2.38. The predicted molar refractivity (Wildman–Crippen MR) is 134 cm³/mol. The van der Waals surface area contributed by atoms with E-state index in [0.29, 0.717) is 13.2 Å². The second kappa shape index (κ2) is 12.5. The van der Waals surface area contributed by atoms with Gasteiger partial charge >= 0.3 is 0 Å². The maximum atomic E-state index is 5.21. The minimum Gasteiger partial charge on any atom is -0.380 e. The Morgan fingerprint density at radius 2 is 1.90 bits per heavy atom. The molecule has 2 N–H and O–H groups in total. The molecule has 0 unspecified atom stereocenters. The van der Waals surface area contributed by atoms with E-state index >= 15 is 0 Å². The zero-order chi connectivity index (χ0) is 20.5. The van der Waals surface area contributed by atoms with Gasteiger partial charge in [-0.2, -0.15) is 0 Å². The van der Waals surface area contributed by atoms with Crippen LogP contribution in [0.3, 0.4) is 0 Å². The number of nitrogens with zero attached hydrogens (tertiary/aromatic N) is 3. The van der Waals surface area contributed by atoms with Crippen molar-refractivity contribution in [3.8, 4) is 0 Å². The van der Waals surface area contributed by atoms with Crippen LogP contribution >= 0.6 is 24.0 Å². The summed E-state index contributed by atoms with van der Waals surface area (Å²) in [5, 5.41) is 6.76. The molecule has 0 spiro atoms. The third-order valence-electron chi connectivity index (χ3n) is 4.76. The van der Waals surface area contributed by atoms with E-state index in [1.165, 1.54) is 16.6 Å². The van der Waals surface area contributed by atoms with E-state index in [0.717, 1.165) is 43.4 Å². The fraction of sp³-hybridized carbons (Fsp3) is 0.391. The van der Waals surface area contributed by atoms with Gasteiger partial charge < -0.3 is 19.9 Å². The summed E-state index contributed by atoms with van der Waals surface area (Å²) in [7, 11) is 1.71. The second-order valence-electron chi connectivity index (χ2n) is 7.03. The minimum atomic E-state index is 0. The Morgan fingerprint density at radius 3 is 2.70 bits per heavy atom. The number of aryl methyl sites for hydroxylation is 2. The van der Waals surface area contributed by atoms with Crippen molar-refractivity contribution in [2.75, 3.05) is 20.2 Å². The molecule has 0 atom stereocenters. The van der Waals surface area contributed by atoms with Crippen molar-refractivity contribution in [1.82, 2.24) is 20.2 Å². The number of para-hydroxylation sites is 2. The SMILES string of the molecule is CCNC(=NCc1cccc(COC)c1)NCCCn1c(C)nc2ccccc21.I. The highest BCUT2D eigenvalue weighted by atomic mass is 127. The van der Waals surface area contributed by atoms with Gasteiger partial charge in [0.25, 0.3) is 0 Å². The summed E-state index contributed by atoms with van der Waals surface area (Å²) in [6.45, 7) is 8.02. The number of hydrogen-bond donors (Lipinski definition) is 2. The van der Waals surface area contributed by atoms with Crippen molar-refractivity contribution in [1.29, 1.82) is 0 Å². The van der Waals surface area contributed by atoms with Crippen LogP contribution in [0.4, 0.5) is 0 Å². The van der Waals surface area contributed by atoms with Gasteiger partial charge in [-0.3, -0.25) is 0 Å². The average Bonchev–Trinajstić information content (AvgIpc) is 3.05. The molecule has 3 aromatic rings. The number of methoxy groups -OCH3 is 1. The Kier molecular flexibility index (Phi) is 10.1. The molecular formula is C23H32IN5O. The molecule has 0 fully saturated rings. The molecule has 2 aromatic carbocycles. The van der Waals surface area contributed by atoms with E-state index in [-0.39, 0.29) is 24.0 Å². The van der Waals surface area contributed by atoms with Crippen LogP contribution in [0.2, 0.25) is 0 Å². The number of aliphatic imine (C=N–C) groups is 1. The average molecular weight is 521 g/mol. The molecule has 6 nitrogen and oxygen atoms in total. The van der Waals surface area contributed by atoms with Gasteiger partial charge in [-0.1, -0.05) is 36.4 Å². The summed E-state index contributed by atoms with van der Waals surface area (Å²) in [6.07, 6.45) is 0.995. The van der Waals surface area contributed by atoms with Gasteiger partial charge in [0.05, 0.1) is 24.2 Å². The molecule has 7 heteroatoms. The standard InChI is InChI=1S/C23H31N5O.HI/c1-4-24-23(26-16-19-9-7-10-20(15-19)17-29-3)25-13-8-14-28-18(2)27-21-11-5-6-12-22(21)28;/h5-7,9-12,15H,4,8,13-14,16-17H2,1-3H3,(H2,24,25,26);1H. The number of aromatic nitrogens is 2. The predicted octanol–water partition coefficient (Wildman–Crippen LogP) is 4.25. The largest absolute Gasteiger partial charge is 0.380 e. The third-order valence-corrected chi connectivity index (χ3v) is 4.76. The van der Waals surface area contributed by atoms with Crippen LogP contribution in [0.15, 0.2) is 53.5 Å². The molecule has 0 aliphatic carbocycles. The number of imidazole rings is 1. The molecule has 0 aliphatic rings. The van der Waals surface area contributed by atoms with Gasteiger partial charge in [-0.25, -0.2) is 9.98 Å². The zero-order valence-electron chi connectivity index (χ0n) is 18.0. The molecule has 1 heterocycles. The number of guanidine groups is 1. The lowest BCUT2D eigenvalue weighted by molar-refractivity contribution is 0.185.